The lowest BCUT2D eigenvalue weighted by molar-refractivity contribution is -0.109. The lowest BCUT2D eigenvalue weighted by atomic mass is 10.5. The number of aryl methyl sites for hydroxylation is 1. The molecule has 1 aromatic rings. The van der Waals surface area contributed by atoms with E-state index in [1.807, 2.05) is 25.4 Å². The maximum atomic E-state index is 9.88. The van der Waals surface area contributed by atoms with Crippen LogP contribution in [0.25, 0.3) is 0 Å². The first-order chi connectivity index (χ1) is 5.34. The van der Waals surface area contributed by atoms with Crippen molar-refractivity contribution in [3.05, 3.63) is 29.9 Å². The second kappa shape index (κ2) is 3.55. The predicted molar refractivity (Wildman–Crippen MR) is 40.2 cm³/mol. The molecule has 1 N–H and O–H groups in total. The average molecular weight is 151 g/mol. The molecule has 0 aliphatic rings. The molecule has 1 amide bonds. The molecule has 0 fully saturated rings. The Bertz CT molecular complexity index is 303. The van der Waals surface area contributed by atoms with Crippen molar-refractivity contribution < 1.29 is 4.79 Å². The van der Waals surface area contributed by atoms with Crippen molar-refractivity contribution in [3.8, 4) is 0 Å². The number of hydrogen-bond donors (Lipinski definition) is 1. The second-order valence-electron chi connectivity index (χ2n) is 2.03. The van der Waals surface area contributed by atoms with E-state index >= 15 is 0 Å². The molecule has 1 rings (SSSR count). The number of nitrogens with one attached hydrogen (secondary N) is 1. The van der Waals surface area contributed by atoms with Crippen LogP contribution in [0.3, 0.4) is 0 Å². The molecule has 1 heterocycles. The van der Waals surface area contributed by atoms with E-state index in [1.54, 1.807) is 10.6 Å². The van der Waals surface area contributed by atoms with Crippen molar-refractivity contribution in [2.24, 2.45) is 12.1 Å². The molecule has 0 spiro atoms. The van der Waals surface area contributed by atoms with Crippen LogP contribution in [-0.4, -0.2) is 11.0 Å². The molecular formula is C7H9N3O. The molecule has 0 atom stereocenters. The highest BCUT2D eigenvalue weighted by atomic mass is 16.1. The van der Waals surface area contributed by atoms with E-state index < -0.39 is 0 Å². The fourth-order valence-corrected chi connectivity index (χ4v) is 0.723. The van der Waals surface area contributed by atoms with E-state index in [-0.39, 0.29) is 0 Å². The number of amides is 1. The maximum Gasteiger partial charge on any atom is 0.227 e. The Balaban J connectivity index is 3.02. The van der Waals surface area contributed by atoms with Crippen molar-refractivity contribution >= 4 is 6.41 Å². The molecule has 0 aromatic carbocycles. The molecule has 0 unspecified atom stereocenters. The molecule has 11 heavy (non-hydrogen) atoms. The van der Waals surface area contributed by atoms with Gasteiger partial charge in [0.2, 0.25) is 6.41 Å². The van der Waals surface area contributed by atoms with E-state index in [1.165, 1.54) is 0 Å². The number of hydrogen-bond acceptors (Lipinski definition) is 2. The first kappa shape index (κ1) is 7.53. The number of carbonyl (C=O) groups excluding carboxylic acids is 1. The minimum absolute atomic E-state index is 0.535. The molecule has 0 aliphatic heterocycles. The van der Waals surface area contributed by atoms with Gasteiger partial charge in [-0.25, -0.2) is 5.43 Å². The van der Waals surface area contributed by atoms with Crippen LogP contribution in [0.5, 0.6) is 0 Å². The Morgan fingerprint density at radius 2 is 2.45 bits per heavy atom. The Labute approximate surface area is 64.2 Å². The van der Waals surface area contributed by atoms with E-state index in [0.717, 1.165) is 0 Å². The molecule has 0 saturated heterocycles. The van der Waals surface area contributed by atoms with Crippen LogP contribution in [-0.2, 0) is 11.8 Å². The van der Waals surface area contributed by atoms with E-state index in [9.17, 15) is 4.79 Å². The lowest BCUT2D eigenvalue weighted by Gasteiger charge is -1.95. The van der Waals surface area contributed by atoms with Gasteiger partial charge >= 0.3 is 0 Å². The molecular weight excluding hydrogens is 142 g/mol. The summed E-state index contributed by atoms with van der Waals surface area (Å²) in [7, 11) is 1.85. The van der Waals surface area contributed by atoms with Gasteiger partial charge in [-0.15, -0.1) is 0 Å². The summed E-state index contributed by atoms with van der Waals surface area (Å²) in [5.74, 6) is 0. The number of carbonyl (C=O) groups is 1. The Hall–Kier alpha value is -1.58. The van der Waals surface area contributed by atoms with Crippen LogP contribution in [0.1, 0.15) is 0 Å². The Morgan fingerprint density at radius 3 is 3.09 bits per heavy atom. The minimum atomic E-state index is 0.535. The van der Waals surface area contributed by atoms with E-state index in [4.69, 9.17) is 0 Å². The van der Waals surface area contributed by atoms with Crippen LogP contribution < -0.4 is 10.9 Å². The van der Waals surface area contributed by atoms with Gasteiger partial charge in [0.25, 0.3) is 0 Å². The van der Waals surface area contributed by atoms with E-state index in [2.05, 4.69) is 10.5 Å². The molecule has 4 nitrogen and oxygen atoms in total. The summed E-state index contributed by atoms with van der Waals surface area (Å²) in [6.45, 7) is 0. The molecule has 1 aromatic heterocycles. The summed E-state index contributed by atoms with van der Waals surface area (Å²) >= 11 is 0. The van der Waals surface area contributed by atoms with Gasteiger partial charge in [-0.3, -0.25) is 4.79 Å². The third-order valence-corrected chi connectivity index (χ3v) is 1.26. The fourth-order valence-electron chi connectivity index (χ4n) is 0.723. The molecule has 0 bridgehead atoms. The van der Waals surface area contributed by atoms with Gasteiger partial charge in [-0.05, 0) is 12.1 Å². The molecule has 0 radical (unpaired) electrons. The topological polar surface area (TPSA) is 46.4 Å². The second-order valence-corrected chi connectivity index (χ2v) is 2.03. The largest absolute Gasteiger partial charge is 0.335 e. The monoisotopic (exact) mass is 151 g/mol. The predicted octanol–water partition coefficient (Wildman–Crippen LogP) is -0.413. The minimum Gasteiger partial charge on any atom is -0.335 e. The molecule has 0 saturated carbocycles. The van der Waals surface area contributed by atoms with Gasteiger partial charge in [0.05, 0.1) is 0 Å². The molecule has 4 heteroatoms. The van der Waals surface area contributed by atoms with Crippen LogP contribution in [0.2, 0.25) is 0 Å². The average Bonchev–Trinajstić information content (AvgIpc) is 2.03. The van der Waals surface area contributed by atoms with Crippen molar-refractivity contribution in [3.63, 3.8) is 0 Å². The summed E-state index contributed by atoms with van der Waals surface area (Å²) < 4.78 is 1.80. The first-order valence-electron chi connectivity index (χ1n) is 3.19. The van der Waals surface area contributed by atoms with Crippen molar-refractivity contribution in [2.75, 3.05) is 0 Å². The summed E-state index contributed by atoms with van der Waals surface area (Å²) in [6.07, 6.45) is 2.39. The zero-order chi connectivity index (χ0) is 8.10. The van der Waals surface area contributed by atoms with Gasteiger partial charge in [0.1, 0.15) is 0 Å². The van der Waals surface area contributed by atoms with Gasteiger partial charge < -0.3 is 4.57 Å². The fraction of sp³-hybridized carbons (Fsp3) is 0.143. The lowest BCUT2D eigenvalue weighted by Crippen LogP contribution is -2.20. The number of nitrogens with zero attached hydrogens (tertiary/aromatic N) is 2. The zero-order valence-corrected chi connectivity index (χ0v) is 6.19. The van der Waals surface area contributed by atoms with Gasteiger partial charge in [-0.2, -0.15) is 5.10 Å². The summed E-state index contributed by atoms with van der Waals surface area (Å²) in [5.41, 5.74) is 2.94. The number of pyridine rings is 1. The molecule has 58 valence electrons. The van der Waals surface area contributed by atoms with Gasteiger partial charge in [0.15, 0.2) is 5.49 Å². The Morgan fingerprint density at radius 1 is 1.64 bits per heavy atom. The number of rotatable bonds is 2. The quantitative estimate of drug-likeness (QED) is 0.453. The van der Waals surface area contributed by atoms with Crippen molar-refractivity contribution in [1.82, 2.24) is 9.99 Å². The summed E-state index contributed by atoms with van der Waals surface area (Å²) in [4.78, 5) is 9.88. The zero-order valence-electron chi connectivity index (χ0n) is 6.19. The summed E-state index contributed by atoms with van der Waals surface area (Å²) in [6, 6.07) is 5.54. The number of aromatic nitrogens is 1. The first-order valence-corrected chi connectivity index (χ1v) is 3.19. The highest BCUT2D eigenvalue weighted by Gasteiger charge is 1.81. The van der Waals surface area contributed by atoms with Crippen LogP contribution >= 0.6 is 0 Å². The maximum absolute atomic E-state index is 9.88. The third-order valence-electron chi connectivity index (χ3n) is 1.26. The third kappa shape index (κ3) is 1.93. The smallest absolute Gasteiger partial charge is 0.227 e. The van der Waals surface area contributed by atoms with E-state index in [0.29, 0.717) is 11.9 Å². The van der Waals surface area contributed by atoms with Crippen molar-refractivity contribution in [2.45, 2.75) is 0 Å². The molecule has 0 aliphatic carbocycles. The van der Waals surface area contributed by atoms with Crippen LogP contribution in [0.4, 0.5) is 0 Å². The van der Waals surface area contributed by atoms with Gasteiger partial charge in [0, 0.05) is 13.2 Å². The normalized spacial score (nSPS) is 11.2. The SMILES string of the molecule is Cn1cccc/c1=N/NC=O. The van der Waals surface area contributed by atoms with Gasteiger partial charge in [-0.1, -0.05) is 6.07 Å². The standard InChI is InChI=1S/C7H9N3O/c1-10-5-3-2-4-7(10)9-8-6-11/h2-6H,1H3,(H,8,11)/b9-7-. The van der Waals surface area contributed by atoms with Crippen LogP contribution in [0.15, 0.2) is 29.5 Å². The highest BCUT2D eigenvalue weighted by molar-refractivity contribution is 5.44. The Kier molecular flexibility index (Phi) is 2.43. The van der Waals surface area contributed by atoms with Crippen LogP contribution in [0, 0.1) is 0 Å². The van der Waals surface area contributed by atoms with Crippen molar-refractivity contribution in [1.29, 1.82) is 0 Å². The summed E-state index contributed by atoms with van der Waals surface area (Å²) in [5, 5.41) is 3.77. The highest BCUT2D eigenvalue weighted by Crippen LogP contribution is 1.74.